The molecule has 1 atom stereocenters. The molecule has 1 amide bonds. The van der Waals surface area contributed by atoms with Crippen LogP contribution >= 0.6 is 11.6 Å². The van der Waals surface area contributed by atoms with Crippen molar-refractivity contribution in [3.8, 4) is 0 Å². The van der Waals surface area contributed by atoms with E-state index in [-0.39, 0.29) is 11.7 Å². The summed E-state index contributed by atoms with van der Waals surface area (Å²) in [5.41, 5.74) is 2.33. The van der Waals surface area contributed by atoms with Crippen LogP contribution < -0.4 is 5.32 Å². The number of ketones is 1. The number of anilines is 1. The van der Waals surface area contributed by atoms with Crippen molar-refractivity contribution >= 4 is 29.0 Å². The van der Waals surface area contributed by atoms with E-state index in [9.17, 15) is 9.59 Å². The molecule has 176 valence electrons. The van der Waals surface area contributed by atoms with Gasteiger partial charge in [-0.15, -0.1) is 0 Å². The van der Waals surface area contributed by atoms with Gasteiger partial charge in [-0.2, -0.15) is 0 Å². The maximum atomic E-state index is 13.7. The Hall–Kier alpha value is -2.99. The Bertz CT molecular complexity index is 1110. The quantitative estimate of drug-likeness (QED) is 0.450. The highest BCUT2D eigenvalue weighted by Crippen LogP contribution is 2.28. The molecule has 4 rings (SSSR count). The normalized spacial score (nSPS) is 15.6. The lowest BCUT2D eigenvalue weighted by atomic mass is 10.00. The summed E-state index contributed by atoms with van der Waals surface area (Å²) >= 11 is 6.23. The number of halogens is 1. The number of nitrogens with zero attached hydrogens (tertiary/aromatic N) is 2. The Kier molecular flexibility index (Phi) is 8.12. The van der Waals surface area contributed by atoms with Gasteiger partial charge in [-0.25, -0.2) is 0 Å². The fourth-order valence-electron chi connectivity index (χ4n) is 4.48. The minimum atomic E-state index is -0.444. The molecule has 1 fully saturated rings. The number of carbonyl (C=O) groups excluding carboxylic acids is 2. The number of piperazine rings is 1. The summed E-state index contributed by atoms with van der Waals surface area (Å²) in [5, 5.41) is 3.50. The highest BCUT2D eigenvalue weighted by molar-refractivity contribution is 6.31. The first-order valence-electron chi connectivity index (χ1n) is 11.8. The van der Waals surface area contributed by atoms with Crippen molar-refractivity contribution in [3.05, 3.63) is 101 Å². The van der Waals surface area contributed by atoms with E-state index in [2.05, 4.69) is 22.0 Å². The molecule has 1 aliphatic rings. The van der Waals surface area contributed by atoms with Crippen molar-refractivity contribution in [3.63, 3.8) is 0 Å². The molecule has 5 nitrogen and oxygen atoms in total. The smallest absolute Gasteiger partial charge is 0.246 e. The Morgan fingerprint density at radius 1 is 0.912 bits per heavy atom. The zero-order chi connectivity index (χ0) is 23.9. The van der Waals surface area contributed by atoms with Gasteiger partial charge >= 0.3 is 0 Å². The molecule has 1 N–H and O–H groups in total. The molecular formula is C28H30ClN3O2. The molecule has 3 aromatic rings. The number of hydrogen-bond acceptors (Lipinski definition) is 4. The van der Waals surface area contributed by atoms with Crippen LogP contribution in [-0.4, -0.2) is 54.2 Å². The van der Waals surface area contributed by atoms with E-state index in [4.69, 9.17) is 11.6 Å². The zero-order valence-corrected chi connectivity index (χ0v) is 20.2. The Labute approximate surface area is 206 Å². The van der Waals surface area contributed by atoms with Gasteiger partial charge in [0.25, 0.3) is 0 Å². The van der Waals surface area contributed by atoms with E-state index in [1.165, 1.54) is 0 Å². The van der Waals surface area contributed by atoms with E-state index in [0.717, 1.165) is 44.7 Å². The lowest BCUT2D eigenvalue weighted by Crippen LogP contribution is -2.50. The molecule has 0 saturated carbocycles. The third-order valence-electron chi connectivity index (χ3n) is 6.20. The number of nitrogens with one attached hydrogen (secondary N) is 1. The van der Waals surface area contributed by atoms with Gasteiger partial charge in [0.1, 0.15) is 6.04 Å². The highest BCUT2D eigenvalue weighted by atomic mass is 35.5. The van der Waals surface area contributed by atoms with Crippen molar-refractivity contribution in [2.45, 2.75) is 19.4 Å². The fourth-order valence-corrected chi connectivity index (χ4v) is 4.66. The maximum Gasteiger partial charge on any atom is 0.246 e. The molecule has 34 heavy (non-hydrogen) atoms. The van der Waals surface area contributed by atoms with Crippen LogP contribution in [0.5, 0.6) is 0 Å². The van der Waals surface area contributed by atoms with Gasteiger partial charge in [0.2, 0.25) is 5.91 Å². The van der Waals surface area contributed by atoms with Crippen LogP contribution in [0.1, 0.15) is 40.9 Å². The van der Waals surface area contributed by atoms with E-state index in [1.54, 1.807) is 30.3 Å². The maximum absolute atomic E-state index is 13.7. The molecule has 0 spiro atoms. The molecular weight excluding hydrogens is 446 g/mol. The third-order valence-corrected chi connectivity index (χ3v) is 6.43. The second kappa shape index (κ2) is 11.4. The Morgan fingerprint density at radius 2 is 1.56 bits per heavy atom. The van der Waals surface area contributed by atoms with Crippen molar-refractivity contribution in [2.24, 2.45) is 0 Å². The molecule has 0 bridgehead atoms. The van der Waals surface area contributed by atoms with Gasteiger partial charge in [-0.05, 0) is 36.7 Å². The summed E-state index contributed by atoms with van der Waals surface area (Å²) in [7, 11) is 0. The van der Waals surface area contributed by atoms with Crippen molar-refractivity contribution in [1.82, 2.24) is 9.80 Å². The van der Waals surface area contributed by atoms with Gasteiger partial charge in [0, 0.05) is 42.3 Å². The lowest BCUT2D eigenvalue weighted by Gasteiger charge is -2.38. The minimum Gasteiger partial charge on any atom is -0.324 e. The molecule has 6 heteroatoms. The van der Waals surface area contributed by atoms with E-state index in [1.807, 2.05) is 48.5 Å². The SMILES string of the molecule is CCCN1CCN(C(C(=O)Nc2ccc(Cl)cc2C(=O)c2ccccc2)c2ccccc2)CC1. The van der Waals surface area contributed by atoms with Gasteiger partial charge in [-0.3, -0.25) is 14.5 Å². The first-order chi connectivity index (χ1) is 16.6. The molecule has 0 aliphatic carbocycles. The predicted molar refractivity (Wildman–Crippen MR) is 137 cm³/mol. The van der Waals surface area contributed by atoms with Crippen molar-refractivity contribution in [2.75, 3.05) is 38.0 Å². The molecule has 1 unspecified atom stereocenters. The average Bonchev–Trinajstić information content (AvgIpc) is 2.87. The lowest BCUT2D eigenvalue weighted by molar-refractivity contribution is -0.122. The minimum absolute atomic E-state index is 0.153. The van der Waals surface area contributed by atoms with Crippen molar-refractivity contribution in [1.29, 1.82) is 0 Å². The van der Waals surface area contributed by atoms with Crippen LogP contribution in [0.3, 0.4) is 0 Å². The molecule has 3 aromatic carbocycles. The van der Waals surface area contributed by atoms with Gasteiger partial charge in [0.15, 0.2) is 5.78 Å². The van der Waals surface area contributed by atoms with Crippen LogP contribution in [0.15, 0.2) is 78.9 Å². The van der Waals surface area contributed by atoms with Crippen LogP contribution in [0, 0.1) is 0 Å². The van der Waals surface area contributed by atoms with Crippen LogP contribution in [0.25, 0.3) is 0 Å². The zero-order valence-electron chi connectivity index (χ0n) is 19.4. The number of benzene rings is 3. The molecule has 1 aliphatic heterocycles. The van der Waals surface area contributed by atoms with Crippen LogP contribution in [0.2, 0.25) is 5.02 Å². The summed E-state index contributed by atoms with van der Waals surface area (Å²) in [6.07, 6.45) is 1.12. The monoisotopic (exact) mass is 475 g/mol. The predicted octanol–water partition coefficient (Wildman–Crippen LogP) is 5.28. The third kappa shape index (κ3) is 5.73. The summed E-state index contributed by atoms with van der Waals surface area (Å²) in [4.78, 5) is 31.6. The molecule has 0 radical (unpaired) electrons. The Morgan fingerprint density at radius 3 is 2.21 bits per heavy atom. The van der Waals surface area contributed by atoms with E-state index >= 15 is 0 Å². The second-order valence-electron chi connectivity index (χ2n) is 8.57. The number of rotatable bonds is 8. The summed E-state index contributed by atoms with van der Waals surface area (Å²) in [6.45, 7) is 6.75. The first-order valence-corrected chi connectivity index (χ1v) is 12.2. The van der Waals surface area contributed by atoms with Crippen LogP contribution in [-0.2, 0) is 4.79 Å². The number of carbonyl (C=O) groups is 2. The van der Waals surface area contributed by atoms with Gasteiger partial charge in [-0.1, -0.05) is 79.2 Å². The average molecular weight is 476 g/mol. The summed E-state index contributed by atoms with van der Waals surface area (Å²) < 4.78 is 0. The first kappa shape index (κ1) is 24.1. The molecule has 1 saturated heterocycles. The molecule has 1 heterocycles. The largest absolute Gasteiger partial charge is 0.324 e. The van der Waals surface area contributed by atoms with Gasteiger partial charge < -0.3 is 10.2 Å². The van der Waals surface area contributed by atoms with Crippen molar-refractivity contribution < 1.29 is 9.59 Å². The fraction of sp³-hybridized carbons (Fsp3) is 0.286. The summed E-state index contributed by atoms with van der Waals surface area (Å²) in [5.74, 6) is -0.331. The van der Waals surface area contributed by atoms with E-state index in [0.29, 0.717) is 21.8 Å². The number of amides is 1. The highest BCUT2D eigenvalue weighted by Gasteiger charge is 2.31. The number of hydrogen-bond donors (Lipinski definition) is 1. The molecule has 0 aromatic heterocycles. The summed E-state index contributed by atoms with van der Waals surface area (Å²) in [6, 6.07) is 23.4. The second-order valence-corrected chi connectivity index (χ2v) is 9.00. The standard InChI is InChI=1S/C28H30ClN3O2/c1-2-15-31-16-18-32(19-17-31)26(21-9-5-3-6-10-21)28(34)30-25-14-13-23(29)20-24(25)27(33)22-11-7-4-8-12-22/h3-14,20,26H,2,15-19H2,1H3,(H,30,34). The Balaban J connectivity index is 1.61. The van der Waals surface area contributed by atoms with Gasteiger partial charge in [0.05, 0.1) is 5.69 Å². The van der Waals surface area contributed by atoms with Crippen LogP contribution in [0.4, 0.5) is 5.69 Å². The topological polar surface area (TPSA) is 52.6 Å². The van der Waals surface area contributed by atoms with E-state index < -0.39 is 6.04 Å².